The van der Waals surface area contributed by atoms with E-state index < -0.39 is 12.0 Å². The molecule has 1 unspecified atom stereocenters. The van der Waals surface area contributed by atoms with Crippen LogP contribution in [0.5, 0.6) is 5.75 Å². The predicted octanol–water partition coefficient (Wildman–Crippen LogP) is 2.72. The van der Waals surface area contributed by atoms with Gasteiger partial charge in [-0.2, -0.15) is 0 Å². The average Bonchev–Trinajstić information content (AvgIpc) is 2.42. The quantitative estimate of drug-likeness (QED) is 0.819. The normalized spacial score (nSPS) is 12.0. The first kappa shape index (κ1) is 17.0. The molecule has 1 atom stereocenters. The summed E-state index contributed by atoms with van der Waals surface area (Å²) in [5.41, 5.74) is 0.318. The molecule has 21 heavy (non-hydrogen) atoms. The number of benzene rings is 1. The summed E-state index contributed by atoms with van der Waals surface area (Å²) in [6.07, 6.45) is 0.408. The van der Waals surface area contributed by atoms with Crippen LogP contribution in [0.2, 0.25) is 0 Å². The second-order valence-electron chi connectivity index (χ2n) is 5.33. The van der Waals surface area contributed by atoms with Crippen molar-refractivity contribution in [1.82, 2.24) is 0 Å². The van der Waals surface area contributed by atoms with Crippen molar-refractivity contribution in [2.45, 2.75) is 40.2 Å². The third-order valence-corrected chi connectivity index (χ3v) is 3.01. The van der Waals surface area contributed by atoms with Crippen LogP contribution in [-0.4, -0.2) is 29.6 Å². The summed E-state index contributed by atoms with van der Waals surface area (Å²) in [6.45, 7) is 7.36. The average molecular weight is 293 g/mol. The largest absolute Gasteiger partial charge is 0.506 e. The van der Waals surface area contributed by atoms with E-state index in [0.717, 1.165) is 0 Å². The highest BCUT2D eigenvalue weighted by Gasteiger charge is 2.30. The Balaban J connectivity index is 3.05. The fourth-order valence-corrected chi connectivity index (χ4v) is 2.02. The van der Waals surface area contributed by atoms with Gasteiger partial charge in [0.15, 0.2) is 0 Å². The molecule has 1 aromatic carbocycles. The summed E-state index contributed by atoms with van der Waals surface area (Å²) in [4.78, 5) is 25.4. The van der Waals surface area contributed by atoms with E-state index in [-0.39, 0.29) is 17.6 Å². The van der Waals surface area contributed by atoms with Gasteiger partial charge in [-0.05, 0) is 24.5 Å². The van der Waals surface area contributed by atoms with Gasteiger partial charge in [0.1, 0.15) is 11.8 Å². The zero-order chi connectivity index (χ0) is 16.0. The zero-order valence-electron chi connectivity index (χ0n) is 13.0. The van der Waals surface area contributed by atoms with Crippen molar-refractivity contribution in [2.75, 3.05) is 11.5 Å². The molecule has 0 heterocycles. The summed E-state index contributed by atoms with van der Waals surface area (Å²) < 4.78 is 5.23. The van der Waals surface area contributed by atoms with Crippen LogP contribution in [0.25, 0.3) is 0 Å². The lowest BCUT2D eigenvalue weighted by Gasteiger charge is -2.29. The summed E-state index contributed by atoms with van der Waals surface area (Å²) in [6, 6.07) is 5.72. The number of carbonyl (C=O) groups excluding carboxylic acids is 2. The minimum atomic E-state index is -0.741. The number of nitrogens with zero attached hydrogens (tertiary/aromatic N) is 1. The molecule has 0 bridgehead atoms. The molecule has 0 fully saturated rings. The van der Waals surface area contributed by atoms with Gasteiger partial charge in [0, 0.05) is 6.92 Å². The monoisotopic (exact) mass is 293 g/mol. The number of phenolic OH excluding ortho intramolecular Hbond substituents is 1. The highest BCUT2D eigenvalue weighted by molar-refractivity contribution is 5.99. The molecule has 0 radical (unpaired) electrons. The molecule has 0 aliphatic carbocycles. The molecule has 5 heteroatoms. The van der Waals surface area contributed by atoms with Gasteiger partial charge in [-0.15, -0.1) is 0 Å². The Morgan fingerprint density at radius 3 is 2.38 bits per heavy atom. The number of rotatable bonds is 6. The zero-order valence-corrected chi connectivity index (χ0v) is 13.0. The summed E-state index contributed by atoms with van der Waals surface area (Å²) >= 11 is 0. The number of carbonyl (C=O) groups is 2. The van der Waals surface area contributed by atoms with E-state index in [2.05, 4.69) is 0 Å². The Bertz CT molecular complexity index is 499. The van der Waals surface area contributed by atoms with Crippen LogP contribution in [0.1, 0.15) is 34.1 Å². The van der Waals surface area contributed by atoms with E-state index in [4.69, 9.17) is 4.74 Å². The molecule has 0 aliphatic heterocycles. The lowest BCUT2D eigenvalue weighted by molar-refractivity contribution is -0.147. The van der Waals surface area contributed by atoms with Crippen molar-refractivity contribution in [3.05, 3.63) is 24.3 Å². The number of ether oxygens (including phenoxy) is 1. The van der Waals surface area contributed by atoms with Crippen LogP contribution in [-0.2, 0) is 14.3 Å². The van der Waals surface area contributed by atoms with Gasteiger partial charge in [0.05, 0.1) is 12.3 Å². The minimum Gasteiger partial charge on any atom is -0.506 e. The minimum absolute atomic E-state index is 0.0391. The Hall–Kier alpha value is -2.04. The van der Waals surface area contributed by atoms with E-state index >= 15 is 0 Å². The molecule has 1 aromatic rings. The van der Waals surface area contributed by atoms with E-state index in [0.29, 0.717) is 18.7 Å². The number of esters is 1. The summed E-state index contributed by atoms with van der Waals surface area (Å²) in [5.74, 6) is -0.584. The van der Waals surface area contributed by atoms with Crippen LogP contribution in [0.3, 0.4) is 0 Å². The van der Waals surface area contributed by atoms with Crippen LogP contribution < -0.4 is 4.90 Å². The molecule has 0 spiro atoms. The number of amides is 1. The highest BCUT2D eigenvalue weighted by atomic mass is 16.5. The van der Waals surface area contributed by atoms with Crippen molar-refractivity contribution in [3.8, 4) is 5.75 Å². The molecule has 116 valence electrons. The van der Waals surface area contributed by atoms with E-state index in [1.54, 1.807) is 25.1 Å². The molecular weight excluding hydrogens is 270 g/mol. The Kier molecular flexibility index (Phi) is 6.21. The maximum atomic E-state index is 12.2. The maximum absolute atomic E-state index is 12.2. The molecule has 5 nitrogen and oxygen atoms in total. The predicted molar refractivity (Wildman–Crippen MR) is 81.1 cm³/mol. The van der Waals surface area contributed by atoms with E-state index in [9.17, 15) is 14.7 Å². The van der Waals surface area contributed by atoms with Crippen LogP contribution >= 0.6 is 0 Å². The second-order valence-corrected chi connectivity index (χ2v) is 5.33. The Labute approximate surface area is 125 Å². The lowest BCUT2D eigenvalue weighted by Crippen LogP contribution is -2.45. The topological polar surface area (TPSA) is 66.8 Å². The number of phenols is 1. The number of para-hydroxylation sites is 2. The Morgan fingerprint density at radius 1 is 1.29 bits per heavy atom. The first-order valence-electron chi connectivity index (χ1n) is 7.12. The number of aromatic hydroxyl groups is 1. The van der Waals surface area contributed by atoms with Gasteiger partial charge in [-0.1, -0.05) is 32.9 Å². The molecule has 0 aliphatic rings. The van der Waals surface area contributed by atoms with Crippen molar-refractivity contribution in [3.63, 3.8) is 0 Å². The molecular formula is C16H23NO4. The van der Waals surface area contributed by atoms with Gasteiger partial charge in [-0.3, -0.25) is 9.69 Å². The van der Waals surface area contributed by atoms with Crippen LogP contribution in [0.15, 0.2) is 24.3 Å². The molecule has 0 saturated carbocycles. The van der Waals surface area contributed by atoms with Crippen molar-refractivity contribution < 1.29 is 19.4 Å². The fraction of sp³-hybridized carbons (Fsp3) is 0.500. The van der Waals surface area contributed by atoms with E-state index in [1.165, 1.54) is 17.9 Å². The molecule has 1 N–H and O–H groups in total. The molecule has 1 rings (SSSR count). The highest BCUT2D eigenvalue weighted by Crippen LogP contribution is 2.29. The third kappa shape index (κ3) is 4.48. The van der Waals surface area contributed by atoms with Gasteiger partial charge >= 0.3 is 5.97 Å². The van der Waals surface area contributed by atoms with Gasteiger partial charge in [0.25, 0.3) is 0 Å². The van der Waals surface area contributed by atoms with Gasteiger partial charge < -0.3 is 9.84 Å². The standard InChI is InChI=1S/C16H23NO4/c1-5-13(16(20)21-10-11(2)3)17(12(4)18)14-8-6-7-9-15(14)19/h6-9,11,13,19H,5,10H2,1-4H3. The second kappa shape index (κ2) is 7.67. The maximum Gasteiger partial charge on any atom is 0.329 e. The van der Waals surface area contributed by atoms with Crippen LogP contribution in [0.4, 0.5) is 5.69 Å². The third-order valence-electron chi connectivity index (χ3n) is 3.01. The van der Waals surface area contributed by atoms with Gasteiger partial charge in [0.2, 0.25) is 5.91 Å². The summed E-state index contributed by atoms with van der Waals surface area (Å²) in [7, 11) is 0. The molecule has 0 saturated heterocycles. The first-order chi connectivity index (χ1) is 9.88. The molecule has 1 amide bonds. The van der Waals surface area contributed by atoms with Crippen molar-refractivity contribution >= 4 is 17.6 Å². The van der Waals surface area contributed by atoms with E-state index in [1.807, 2.05) is 13.8 Å². The first-order valence-corrected chi connectivity index (χ1v) is 7.12. The summed E-state index contributed by atoms with van der Waals surface area (Å²) in [5, 5.41) is 9.93. The van der Waals surface area contributed by atoms with Crippen molar-refractivity contribution in [1.29, 1.82) is 0 Å². The smallest absolute Gasteiger partial charge is 0.329 e. The fourth-order valence-electron chi connectivity index (χ4n) is 2.02. The van der Waals surface area contributed by atoms with Crippen LogP contribution in [0, 0.1) is 5.92 Å². The SMILES string of the molecule is CCC(C(=O)OCC(C)C)N(C(C)=O)c1ccccc1O. The van der Waals surface area contributed by atoms with Gasteiger partial charge in [-0.25, -0.2) is 4.79 Å². The number of anilines is 1. The molecule has 0 aromatic heterocycles. The van der Waals surface area contributed by atoms with Crippen molar-refractivity contribution in [2.24, 2.45) is 5.92 Å². The number of hydrogen-bond donors (Lipinski definition) is 1. The Morgan fingerprint density at radius 2 is 1.90 bits per heavy atom. The number of hydrogen-bond acceptors (Lipinski definition) is 4. The lowest BCUT2D eigenvalue weighted by atomic mass is 10.1.